The summed E-state index contributed by atoms with van der Waals surface area (Å²) in [7, 11) is -2.43. The van der Waals surface area contributed by atoms with Crippen molar-refractivity contribution in [1.82, 2.24) is 10.3 Å². The number of hydrogen-bond donors (Lipinski definition) is 2. The molecular weight excluding hydrogens is 450 g/mol. The van der Waals surface area contributed by atoms with E-state index in [1.54, 1.807) is 24.3 Å². The third-order valence-corrected chi connectivity index (χ3v) is 8.02. The molecular formula is C26H29N3O4S. The first kappa shape index (κ1) is 23.8. The molecule has 4 rings (SSSR count). The second kappa shape index (κ2) is 9.85. The summed E-state index contributed by atoms with van der Waals surface area (Å²) in [6.45, 7) is 2.34. The van der Waals surface area contributed by atoms with Gasteiger partial charge in [0.15, 0.2) is 0 Å². The average Bonchev–Trinajstić information content (AvgIpc) is 2.84. The minimum Gasteiger partial charge on any atom is -0.360 e. The van der Waals surface area contributed by atoms with Crippen molar-refractivity contribution >= 4 is 32.5 Å². The van der Waals surface area contributed by atoms with Crippen LogP contribution in [0.25, 0.3) is 10.9 Å². The molecule has 8 heteroatoms. The van der Waals surface area contributed by atoms with Crippen LogP contribution in [0, 0.1) is 6.92 Å². The predicted octanol–water partition coefficient (Wildman–Crippen LogP) is 4.28. The van der Waals surface area contributed by atoms with Crippen molar-refractivity contribution in [2.75, 3.05) is 17.9 Å². The fraction of sp³-hybridized carbons (Fsp3) is 0.308. The Kier molecular flexibility index (Phi) is 6.88. The van der Waals surface area contributed by atoms with E-state index in [0.717, 1.165) is 24.8 Å². The van der Waals surface area contributed by atoms with Crippen molar-refractivity contribution in [1.29, 1.82) is 0 Å². The molecule has 0 radical (unpaired) electrons. The Morgan fingerprint density at radius 3 is 2.71 bits per heavy atom. The number of pyridine rings is 1. The predicted molar refractivity (Wildman–Crippen MR) is 135 cm³/mol. The average molecular weight is 480 g/mol. The summed E-state index contributed by atoms with van der Waals surface area (Å²) in [5.74, 6) is -0.468. The lowest BCUT2D eigenvalue weighted by atomic mass is 9.97. The van der Waals surface area contributed by atoms with E-state index in [9.17, 15) is 18.0 Å². The van der Waals surface area contributed by atoms with Crippen LogP contribution in [0.3, 0.4) is 0 Å². The number of aromatic amines is 1. The van der Waals surface area contributed by atoms with E-state index < -0.39 is 21.4 Å². The van der Waals surface area contributed by atoms with Crippen LogP contribution in [0.1, 0.15) is 48.0 Å². The van der Waals surface area contributed by atoms with Gasteiger partial charge in [0.05, 0.1) is 10.6 Å². The van der Waals surface area contributed by atoms with Crippen molar-refractivity contribution in [2.24, 2.45) is 0 Å². The first-order valence-electron chi connectivity index (χ1n) is 11.4. The maximum Gasteiger partial charge on any atom is 0.264 e. The highest BCUT2D eigenvalue weighted by atomic mass is 32.2. The van der Waals surface area contributed by atoms with Gasteiger partial charge < -0.3 is 10.3 Å². The highest BCUT2D eigenvalue weighted by molar-refractivity contribution is 7.92. The van der Waals surface area contributed by atoms with E-state index in [1.807, 2.05) is 13.0 Å². The molecule has 0 aliphatic heterocycles. The largest absolute Gasteiger partial charge is 0.360 e. The number of nitrogens with one attached hydrogen (secondary N) is 2. The summed E-state index contributed by atoms with van der Waals surface area (Å²) in [6.07, 6.45) is 8.90. The molecule has 0 bridgehead atoms. The van der Waals surface area contributed by atoms with Crippen LogP contribution in [0.5, 0.6) is 0 Å². The Bertz CT molecular complexity index is 1420. The number of sulfonamides is 1. The number of hydrogen-bond acceptors (Lipinski definition) is 4. The van der Waals surface area contributed by atoms with Crippen LogP contribution in [-0.2, 0) is 10.0 Å². The van der Waals surface area contributed by atoms with Crippen LogP contribution in [0.2, 0.25) is 0 Å². The summed E-state index contributed by atoms with van der Waals surface area (Å²) in [4.78, 5) is 28.7. The molecule has 1 amide bonds. The highest BCUT2D eigenvalue weighted by Gasteiger charge is 2.23. The molecule has 0 unspecified atom stereocenters. The quantitative estimate of drug-likeness (QED) is 0.494. The molecule has 0 saturated heterocycles. The van der Waals surface area contributed by atoms with Gasteiger partial charge in [-0.3, -0.25) is 13.9 Å². The Morgan fingerprint density at radius 2 is 1.97 bits per heavy atom. The fourth-order valence-electron chi connectivity index (χ4n) is 4.21. The topological polar surface area (TPSA) is 99.3 Å². The minimum atomic E-state index is -3.90. The molecule has 34 heavy (non-hydrogen) atoms. The lowest BCUT2D eigenvalue weighted by molar-refractivity contribution is 0.0953. The zero-order chi connectivity index (χ0) is 24.3. The number of rotatable bonds is 7. The zero-order valence-corrected chi connectivity index (χ0v) is 20.2. The van der Waals surface area contributed by atoms with Crippen molar-refractivity contribution < 1.29 is 13.2 Å². The number of nitrogens with zero attached hydrogens (tertiary/aromatic N) is 1. The Labute approximate surface area is 199 Å². The summed E-state index contributed by atoms with van der Waals surface area (Å²) in [6, 6.07) is 11.5. The normalized spacial score (nSPS) is 14.0. The monoisotopic (exact) mass is 479 g/mol. The van der Waals surface area contributed by atoms with Gasteiger partial charge in [0, 0.05) is 30.7 Å². The third kappa shape index (κ3) is 4.92. The maximum absolute atomic E-state index is 13.2. The van der Waals surface area contributed by atoms with Gasteiger partial charge in [0.25, 0.3) is 15.9 Å². The minimum absolute atomic E-state index is 0.0173. The summed E-state index contributed by atoms with van der Waals surface area (Å²) in [5, 5.41) is 2.97. The maximum atomic E-state index is 13.2. The van der Waals surface area contributed by atoms with E-state index in [1.165, 1.54) is 48.1 Å². The van der Waals surface area contributed by atoms with E-state index in [-0.39, 0.29) is 15.8 Å². The second-order valence-corrected chi connectivity index (χ2v) is 10.6. The number of anilines is 1. The van der Waals surface area contributed by atoms with Crippen molar-refractivity contribution in [3.05, 3.63) is 81.7 Å². The van der Waals surface area contributed by atoms with Crippen LogP contribution < -0.4 is 15.1 Å². The molecule has 2 N–H and O–H groups in total. The number of carbonyl (C=O) groups excluding carboxylic acids is 1. The molecule has 0 saturated carbocycles. The zero-order valence-electron chi connectivity index (χ0n) is 19.4. The summed E-state index contributed by atoms with van der Waals surface area (Å²) >= 11 is 0. The lowest BCUT2D eigenvalue weighted by Gasteiger charge is -2.20. The van der Waals surface area contributed by atoms with Crippen molar-refractivity contribution in [3.63, 3.8) is 0 Å². The van der Waals surface area contributed by atoms with Crippen molar-refractivity contribution in [2.45, 2.75) is 43.9 Å². The first-order valence-corrected chi connectivity index (χ1v) is 12.9. The highest BCUT2D eigenvalue weighted by Crippen LogP contribution is 2.24. The smallest absolute Gasteiger partial charge is 0.264 e. The van der Waals surface area contributed by atoms with E-state index >= 15 is 0 Å². The number of aromatic nitrogens is 1. The Morgan fingerprint density at radius 1 is 1.15 bits per heavy atom. The summed E-state index contributed by atoms with van der Waals surface area (Å²) in [5.41, 5.74) is 2.72. The van der Waals surface area contributed by atoms with Gasteiger partial charge in [-0.1, -0.05) is 23.8 Å². The van der Waals surface area contributed by atoms with Gasteiger partial charge in [-0.2, -0.15) is 0 Å². The molecule has 1 aliphatic rings. The SMILES string of the molecule is Cc1cccc(N(C)S(=O)(=O)c2ccc3[nH]cc(C(=O)NCCC4=CCCCC4)c(=O)c3c2)c1. The molecule has 0 spiro atoms. The molecule has 2 aromatic carbocycles. The van der Waals surface area contributed by atoms with Crippen LogP contribution in [0.15, 0.2) is 70.0 Å². The number of allylic oxidation sites excluding steroid dienone is 1. The number of carbonyl (C=O) groups is 1. The molecule has 7 nitrogen and oxygen atoms in total. The fourth-order valence-corrected chi connectivity index (χ4v) is 5.43. The lowest BCUT2D eigenvalue weighted by Crippen LogP contribution is -2.30. The van der Waals surface area contributed by atoms with Gasteiger partial charge in [0.2, 0.25) is 5.43 Å². The molecule has 0 fully saturated rings. The van der Waals surface area contributed by atoms with E-state index in [0.29, 0.717) is 17.7 Å². The van der Waals surface area contributed by atoms with Gasteiger partial charge >= 0.3 is 0 Å². The van der Waals surface area contributed by atoms with E-state index in [4.69, 9.17) is 0 Å². The molecule has 1 aromatic heterocycles. The number of fused-ring (bicyclic) bond motifs is 1. The molecule has 3 aromatic rings. The second-order valence-electron chi connectivity index (χ2n) is 8.66. The molecule has 1 heterocycles. The van der Waals surface area contributed by atoms with Gasteiger partial charge in [-0.15, -0.1) is 0 Å². The number of amides is 1. The summed E-state index contributed by atoms with van der Waals surface area (Å²) < 4.78 is 27.7. The van der Waals surface area contributed by atoms with Gasteiger partial charge in [-0.25, -0.2) is 8.42 Å². The Balaban J connectivity index is 1.59. The molecule has 0 atom stereocenters. The van der Waals surface area contributed by atoms with E-state index in [2.05, 4.69) is 16.4 Å². The van der Waals surface area contributed by atoms with Gasteiger partial charge in [-0.05, 0) is 74.9 Å². The van der Waals surface area contributed by atoms with Crippen LogP contribution in [-0.4, -0.2) is 32.9 Å². The van der Waals surface area contributed by atoms with Crippen molar-refractivity contribution in [3.8, 4) is 0 Å². The number of aryl methyl sites for hydroxylation is 1. The first-order chi connectivity index (χ1) is 16.3. The standard InChI is InChI=1S/C26H29N3O4S/c1-18-7-6-10-20(15-18)29(2)34(32,33)21-11-12-24-22(16-21)25(30)23(17-28-24)26(31)27-14-13-19-8-4-3-5-9-19/h6-8,10-12,15-17H,3-5,9,13-14H2,1-2H3,(H,27,31)(H,28,30). The molecule has 1 aliphatic carbocycles. The third-order valence-electron chi connectivity index (χ3n) is 6.24. The number of H-pyrrole nitrogens is 1. The van der Waals surface area contributed by atoms with Crippen LogP contribution in [0.4, 0.5) is 5.69 Å². The number of benzene rings is 2. The van der Waals surface area contributed by atoms with Crippen LogP contribution >= 0.6 is 0 Å². The van der Waals surface area contributed by atoms with Gasteiger partial charge in [0.1, 0.15) is 5.56 Å². The Hall–Kier alpha value is -3.39. The molecule has 178 valence electrons.